The van der Waals surface area contributed by atoms with E-state index in [4.69, 9.17) is 9.47 Å². The predicted octanol–water partition coefficient (Wildman–Crippen LogP) is 2.32. The molecule has 0 spiro atoms. The third kappa shape index (κ3) is 2.06. The molecule has 1 N–H and O–H groups in total. The Balaban J connectivity index is 2.31. The van der Waals surface area contributed by atoms with E-state index in [1.807, 2.05) is 6.92 Å². The third-order valence-electron chi connectivity index (χ3n) is 3.09. The number of hydrogen-bond donors (Lipinski definition) is 1. The SMILES string of the molecule is COc1cc(C)c(C2CNC(C)O2)cc1C. The van der Waals surface area contributed by atoms with Gasteiger partial charge in [0.2, 0.25) is 0 Å². The summed E-state index contributed by atoms with van der Waals surface area (Å²) in [5, 5.41) is 3.29. The first kappa shape index (κ1) is 11.4. The van der Waals surface area contributed by atoms with Crippen molar-refractivity contribution >= 4 is 0 Å². The van der Waals surface area contributed by atoms with Crippen molar-refractivity contribution in [2.75, 3.05) is 13.7 Å². The van der Waals surface area contributed by atoms with E-state index in [2.05, 4.69) is 31.3 Å². The predicted molar refractivity (Wildman–Crippen MR) is 63.8 cm³/mol. The summed E-state index contributed by atoms with van der Waals surface area (Å²) in [6.07, 6.45) is 0.311. The molecule has 1 fully saturated rings. The zero-order valence-electron chi connectivity index (χ0n) is 10.3. The van der Waals surface area contributed by atoms with Gasteiger partial charge in [0.05, 0.1) is 13.2 Å². The second-order valence-corrected chi connectivity index (χ2v) is 4.35. The lowest BCUT2D eigenvalue weighted by molar-refractivity contribution is 0.0525. The summed E-state index contributed by atoms with van der Waals surface area (Å²) in [5.74, 6) is 0.945. The second kappa shape index (κ2) is 4.44. The van der Waals surface area contributed by atoms with E-state index in [0.29, 0.717) is 0 Å². The van der Waals surface area contributed by atoms with Gasteiger partial charge in [0.15, 0.2) is 0 Å². The first-order valence-corrected chi connectivity index (χ1v) is 5.65. The van der Waals surface area contributed by atoms with Gasteiger partial charge in [-0.25, -0.2) is 0 Å². The molecule has 1 saturated heterocycles. The molecular weight excluding hydrogens is 202 g/mol. The van der Waals surface area contributed by atoms with Gasteiger partial charge in [-0.05, 0) is 49.6 Å². The molecule has 16 heavy (non-hydrogen) atoms. The molecular formula is C13H19NO2. The van der Waals surface area contributed by atoms with Gasteiger partial charge >= 0.3 is 0 Å². The summed E-state index contributed by atoms with van der Waals surface area (Å²) in [4.78, 5) is 0. The highest BCUT2D eigenvalue weighted by Crippen LogP contribution is 2.30. The Labute approximate surface area is 96.8 Å². The van der Waals surface area contributed by atoms with Crippen molar-refractivity contribution < 1.29 is 9.47 Å². The minimum absolute atomic E-state index is 0.145. The highest BCUT2D eigenvalue weighted by Gasteiger charge is 2.24. The second-order valence-electron chi connectivity index (χ2n) is 4.35. The van der Waals surface area contributed by atoms with Crippen molar-refractivity contribution in [1.29, 1.82) is 0 Å². The Kier molecular flexibility index (Phi) is 3.17. The first-order valence-electron chi connectivity index (χ1n) is 5.65. The number of rotatable bonds is 2. The molecule has 1 aliphatic heterocycles. The van der Waals surface area contributed by atoms with Crippen molar-refractivity contribution in [1.82, 2.24) is 5.32 Å². The Morgan fingerprint density at radius 2 is 2.06 bits per heavy atom. The van der Waals surface area contributed by atoms with Gasteiger partial charge in [-0.15, -0.1) is 0 Å². The lowest BCUT2D eigenvalue weighted by Gasteiger charge is -2.16. The van der Waals surface area contributed by atoms with E-state index < -0.39 is 0 Å². The topological polar surface area (TPSA) is 30.5 Å². The van der Waals surface area contributed by atoms with Crippen molar-refractivity contribution in [3.8, 4) is 5.75 Å². The zero-order chi connectivity index (χ0) is 11.7. The van der Waals surface area contributed by atoms with E-state index in [1.54, 1.807) is 7.11 Å². The van der Waals surface area contributed by atoms with Crippen LogP contribution in [0.15, 0.2) is 12.1 Å². The molecule has 3 heteroatoms. The summed E-state index contributed by atoms with van der Waals surface area (Å²) in [5.41, 5.74) is 3.64. The number of hydrogen-bond acceptors (Lipinski definition) is 3. The van der Waals surface area contributed by atoms with Gasteiger partial charge in [-0.3, -0.25) is 5.32 Å². The van der Waals surface area contributed by atoms with Crippen LogP contribution >= 0.6 is 0 Å². The van der Waals surface area contributed by atoms with E-state index in [0.717, 1.165) is 17.9 Å². The summed E-state index contributed by atoms with van der Waals surface area (Å²) < 4.78 is 11.1. The van der Waals surface area contributed by atoms with Crippen LogP contribution < -0.4 is 10.1 Å². The maximum Gasteiger partial charge on any atom is 0.122 e. The molecule has 0 saturated carbocycles. The first-order chi connectivity index (χ1) is 7.61. The Morgan fingerprint density at radius 3 is 2.62 bits per heavy atom. The summed E-state index contributed by atoms with van der Waals surface area (Å²) >= 11 is 0. The molecule has 1 heterocycles. The summed E-state index contributed by atoms with van der Waals surface area (Å²) in [7, 11) is 1.71. The van der Waals surface area contributed by atoms with Gasteiger partial charge in [-0.1, -0.05) is 0 Å². The van der Waals surface area contributed by atoms with Crippen molar-refractivity contribution in [3.05, 3.63) is 28.8 Å². The fourth-order valence-corrected chi connectivity index (χ4v) is 2.18. The molecule has 88 valence electrons. The van der Waals surface area contributed by atoms with Crippen molar-refractivity contribution in [2.45, 2.75) is 33.1 Å². The minimum atomic E-state index is 0.145. The molecule has 2 rings (SSSR count). The number of ether oxygens (including phenoxy) is 2. The molecule has 0 radical (unpaired) electrons. The maximum atomic E-state index is 5.80. The normalized spacial score (nSPS) is 24.8. The fraction of sp³-hybridized carbons (Fsp3) is 0.538. The van der Waals surface area contributed by atoms with Crippen LogP contribution in [0.1, 0.15) is 29.7 Å². The molecule has 1 aliphatic rings. The lowest BCUT2D eigenvalue weighted by Crippen LogP contribution is -2.17. The molecule has 1 aromatic carbocycles. The van der Waals surface area contributed by atoms with Crippen LogP contribution in [-0.4, -0.2) is 19.9 Å². The smallest absolute Gasteiger partial charge is 0.122 e. The van der Waals surface area contributed by atoms with Gasteiger partial charge in [0.1, 0.15) is 12.0 Å². The van der Waals surface area contributed by atoms with Crippen LogP contribution in [0.3, 0.4) is 0 Å². The largest absolute Gasteiger partial charge is 0.496 e. The highest BCUT2D eigenvalue weighted by atomic mass is 16.5. The molecule has 2 atom stereocenters. The number of aryl methyl sites for hydroxylation is 2. The molecule has 2 unspecified atom stereocenters. The van der Waals surface area contributed by atoms with Gasteiger partial charge in [-0.2, -0.15) is 0 Å². The average molecular weight is 221 g/mol. The van der Waals surface area contributed by atoms with Crippen LogP contribution in [0, 0.1) is 13.8 Å². The van der Waals surface area contributed by atoms with Crippen molar-refractivity contribution in [2.24, 2.45) is 0 Å². The molecule has 0 amide bonds. The zero-order valence-corrected chi connectivity index (χ0v) is 10.3. The Hall–Kier alpha value is -1.06. The quantitative estimate of drug-likeness (QED) is 0.831. The number of benzene rings is 1. The van der Waals surface area contributed by atoms with Crippen molar-refractivity contribution in [3.63, 3.8) is 0 Å². The standard InChI is InChI=1S/C13H19NO2/c1-8-6-12(15-4)9(2)5-11(8)13-7-14-10(3)16-13/h5-6,10,13-14H,7H2,1-4H3. The summed E-state index contributed by atoms with van der Waals surface area (Å²) in [6, 6.07) is 4.25. The van der Waals surface area contributed by atoms with E-state index in [-0.39, 0.29) is 12.3 Å². The third-order valence-corrected chi connectivity index (χ3v) is 3.09. The fourth-order valence-electron chi connectivity index (χ4n) is 2.18. The van der Waals surface area contributed by atoms with Crippen LogP contribution in [-0.2, 0) is 4.74 Å². The minimum Gasteiger partial charge on any atom is -0.496 e. The molecule has 0 aliphatic carbocycles. The number of methoxy groups -OCH3 is 1. The van der Waals surface area contributed by atoms with Crippen LogP contribution in [0.5, 0.6) is 5.75 Å². The number of nitrogens with one attached hydrogen (secondary N) is 1. The highest BCUT2D eigenvalue weighted by molar-refractivity contribution is 5.42. The van der Waals surface area contributed by atoms with E-state index in [9.17, 15) is 0 Å². The molecule has 0 bridgehead atoms. The van der Waals surface area contributed by atoms with Gasteiger partial charge in [0, 0.05) is 6.54 Å². The monoisotopic (exact) mass is 221 g/mol. The maximum absolute atomic E-state index is 5.80. The summed E-state index contributed by atoms with van der Waals surface area (Å²) in [6.45, 7) is 7.08. The Bertz CT molecular complexity index is 390. The molecule has 1 aromatic rings. The van der Waals surface area contributed by atoms with E-state index >= 15 is 0 Å². The van der Waals surface area contributed by atoms with Gasteiger partial charge < -0.3 is 9.47 Å². The molecule has 3 nitrogen and oxygen atoms in total. The van der Waals surface area contributed by atoms with E-state index in [1.165, 1.54) is 11.1 Å². The molecule has 0 aromatic heterocycles. The lowest BCUT2D eigenvalue weighted by atomic mass is 10.00. The Morgan fingerprint density at radius 1 is 1.31 bits per heavy atom. The van der Waals surface area contributed by atoms with Crippen LogP contribution in [0.4, 0.5) is 0 Å². The van der Waals surface area contributed by atoms with Gasteiger partial charge in [0.25, 0.3) is 0 Å². The average Bonchev–Trinajstić information content (AvgIpc) is 2.67. The van der Waals surface area contributed by atoms with Crippen LogP contribution in [0.25, 0.3) is 0 Å². The van der Waals surface area contributed by atoms with Crippen LogP contribution in [0.2, 0.25) is 0 Å².